The lowest BCUT2D eigenvalue weighted by Crippen LogP contribution is -2.47. The van der Waals surface area contributed by atoms with Crippen molar-refractivity contribution in [2.45, 2.75) is 26.4 Å². The summed E-state index contributed by atoms with van der Waals surface area (Å²) in [5.74, 6) is 0.429. The number of aryl methyl sites for hydroxylation is 1. The molecule has 0 saturated heterocycles. The number of ether oxygens (including phenoxy) is 2. The molecule has 1 atom stereocenters. The van der Waals surface area contributed by atoms with Crippen molar-refractivity contribution in [3.8, 4) is 11.5 Å². The van der Waals surface area contributed by atoms with E-state index in [1.165, 1.54) is 0 Å². The Hall–Kier alpha value is -3.02. The molecule has 0 radical (unpaired) electrons. The summed E-state index contributed by atoms with van der Waals surface area (Å²) >= 11 is 0. The minimum absolute atomic E-state index is 0.411. The number of hydrogen-bond acceptors (Lipinski definition) is 4. The average Bonchev–Trinajstić information content (AvgIpc) is 2.65. The van der Waals surface area contributed by atoms with Gasteiger partial charge in [-0.1, -0.05) is 24.6 Å². The highest BCUT2D eigenvalue weighted by Crippen LogP contribution is 2.15. The second-order valence-electron chi connectivity index (χ2n) is 5.50. The number of rotatable bonds is 6. The predicted octanol–water partition coefficient (Wildman–Crippen LogP) is 2.62. The van der Waals surface area contributed by atoms with Crippen LogP contribution in [-0.2, 0) is 4.79 Å². The van der Waals surface area contributed by atoms with Gasteiger partial charge in [0.2, 0.25) is 0 Å². The number of hydrogen-bond donors (Lipinski definition) is 2. The van der Waals surface area contributed by atoms with E-state index in [0.717, 1.165) is 5.56 Å². The van der Waals surface area contributed by atoms with E-state index in [1.54, 1.807) is 43.5 Å². The molecule has 25 heavy (non-hydrogen) atoms. The van der Waals surface area contributed by atoms with Crippen LogP contribution in [0.5, 0.6) is 11.5 Å². The number of carbonyl (C=O) groups excluding carboxylic acids is 2. The minimum atomic E-state index is -0.695. The zero-order valence-electron chi connectivity index (χ0n) is 14.5. The average molecular weight is 342 g/mol. The van der Waals surface area contributed by atoms with Crippen molar-refractivity contribution in [1.82, 2.24) is 10.9 Å². The molecule has 0 bridgehead atoms. The predicted molar refractivity (Wildman–Crippen MR) is 94.5 cm³/mol. The summed E-state index contributed by atoms with van der Waals surface area (Å²) in [6, 6.07) is 14.0. The van der Waals surface area contributed by atoms with E-state index in [1.807, 2.05) is 26.0 Å². The highest BCUT2D eigenvalue weighted by molar-refractivity contribution is 5.95. The number of benzene rings is 2. The molecular weight excluding hydrogens is 320 g/mol. The summed E-state index contributed by atoms with van der Waals surface area (Å²) in [5.41, 5.74) is 6.30. The lowest BCUT2D eigenvalue weighted by atomic mass is 10.2. The molecule has 2 amide bonds. The fraction of sp³-hybridized carbons (Fsp3) is 0.263. The Morgan fingerprint density at radius 2 is 1.56 bits per heavy atom. The Morgan fingerprint density at radius 3 is 2.12 bits per heavy atom. The van der Waals surface area contributed by atoms with Crippen LogP contribution in [0, 0.1) is 6.92 Å². The van der Waals surface area contributed by atoms with Crippen molar-refractivity contribution in [3.05, 3.63) is 59.7 Å². The van der Waals surface area contributed by atoms with E-state index in [4.69, 9.17) is 9.47 Å². The van der Waals surface area contributed by atoms with Gasteiger partial charge in [-0.2, -0.15) is 0 Å². The molecule has 0 aliphatic rings. The Bertz CT molecular complexity index is 711. The SMILES string of the molecule is CCC(Oc1ccc(C)cc1)C(=O)NNC(=O)c1ccc(OC)cc1. The molecule has 0 aromatic heterocycles. The zero-order chi connectivity index (χ0) is 18.2. The molecule has 6 nitrogen and oxygen atoms in total. The van der Waals surface area contributed by atoms with Crippen molar-refractivity contribution < 1.29 is 19.1 Å². The van der Waals surface area contributed by atoms with Gasteiger partial charge in [0.05, 0.1) is 7.11 Å². The van der Waals surface area contributed by atoms with Crippen LogP contribution in [-0.4, -0.2) is 25.0 Å². The maximum absolute atomic E-state index is 12.2. The number of nitrogens with one attached hydrogen (secondary N) is 2. The Balaban J connectivity index is 1.90. The van der Waals surface area contributed by atoms with E-state index in [0.29, 0.717) is 23.5 Å². The van der Waals surface area contributed by atoms with Gasteiger partial charge in [-0.15, -0.1) is 0 Å². The maximum atomic E-state index is 12.2. The number of amides is 2. The van der Waals surface area contributed by atoms with Gasteiger partial charge in [0.1, 0.15) is 11.5 Å². The highest BCUT2D eigenvalue weighted by atomic mass is 16.5. The van der Waals surface area contributed by atoms with E-state index in [9.17, 15) is 9.59 Å². The monoisotopic (exact) mass is 342 g/mol. The van der Waals surface area contributed by atoms with E-state index in [2.05, 4.69) is 10.9 Å². The molecule has 6 heteroatoms. The van der Waals surface area contributed by atoms with Crippen molar-refractivity contribution >= 4 is 11.8 Å². The molecule has 132 valence electrons. The minimum Gasteiger partial charge on any atom is -0.497 e. The molecule has 2 aromatic rings. The normalized spacial score (nSPS) is 11.3. The third kappa shape index (κ3) is 5.24. The van der Waals surface area contributed by atoms with Crippen LogP contribution >= 0.6 is 0 Å². The van der Waals surface area contributed by atoms with Crippen LogP contribution in [0.1, 0.15) is 29.3 Å². The van der Waals surface area contributed by atoms with Crippen LogP contribution in [0.15, 0.2) is 48.5 Å². The lowest BCUT2D eigenvalue weighted by molar-refractivity contribution is -0.128. The van der Waals surface area contributed by atoms with E-state index < -0.39 is 17.9 Å². The van der Waals surface area contributed by atoms with Gasteiger partial charge in [0, 0.05) is 5.56 Å². The van der Waals surface area contributed by atoms with Crippen molar-refractivity contribution in [2.75, 3.05) is 7.11 Å². The first kappa shape index (κ1) is 18.3. The first-order chi connectivity index (χ1) is 12.0. The number of carbonyl (C=O) groups is 2. The summed E-state index contributed by atoms with van der Waals surface area (Å²) in [6.45, 7) is 3.81. The topological polar surface area (TPSA) is 76.7 Å². The van der Waals surface area contributed by atoms with Gasteiger partial charge in [-0.3, -0.25) is 20.4 Å². The first-order valence-electron chi connectivity index (χ1n) is 8.01. The van der Waals surface area contributed by atoms with Crippen molar-refractivity contribution in [1.29, 1.82) is 0 Å². The largest absolute Gasteiger partial charge is 0.497 e. The van der Waals surface area contributed by atoms with Crippen molar-refractivity contribution in [2.24, 2.45) is 0 Å². The third-order valence-electron chi connectivity index (χ3n) is 3.61. The molecule has 2 N–H and O–H groups in total. The second-order valence-corrected chi connectivity index (χ2v) is 5.50. The van der Waals surface area contributed by atoms with Crippen LogP contribution < -0.4 is 20.3 Å². The first-order valence-corrected chi connectivity index (χ1v) is 8.01. The van der Waals surface area contributed by atoms with Gasteiger partial charge < -0.3 is 9.47 Å². The number of methoxy groups -OCH3 is 1. The maximum Gasteiger partial charge on any atom is 0.279 e. The Kier molecular flexibility index (Phi) is 6.39. The summed E-state index contributed by atoms with van der Waals surface area (Å²) in [4.78, 5) is 24.3. The zero-order valence-corrected chi connectivity index (χ0v) is 14.5. The standard InChI is InChI=1S/C19H22N2O4/c1-4-17(25-16-9-5-13(2)6-10-16)19(23)21-20-18(22)14-7-11-15(24-3)12-8-14/h5-12,17H,4H2,1-3H3,(H,20,22)(H,21,23). The van der Waals surface area contributed by atoms with E-state index in [-0.39, 0.29) is 0 Å². The quantitative estimate of drug-likeness (QED) is 0.791. The van der Waals surface area contributed by atoms with Crippen molar-refractivity contribution in [3.63, 3.8) is 0 Å². The number of hydrazine groups is 1. The molecular formula is C19H22N2O4. The van der Waals surface area contributed by atoms with E-state index >= 15 is 0 Å². The molecule has 0 saturated carbocycles. The summed E-state index contributed by atoms with van der Waals surface area (Å²) in [6.07, 6.45) is -0.225. The van der Waals surface area contributed by atoms with Gasteiger partial charge in [0.25, 0.3) is 11.8 Å². The molecule has 0 aliphatic carbocycles. The van der Waals surface area contributed by atoms with Crippen LogP contribution in [0.25, 0.3) is 0 Å². The molecule has 0 aliphatic heterocycles. The summed E-state index contributed by atoms with van der Waals surface area (Å²) in [5, 5.41) is 0. The van der Waals surface area contributed by atoms with Gasteiger partial charge in [-0.05, 0) is 49.7 Å². The second kappa shape index (κ2) is 8.73. The smallest absolute Gasteiger partial charge is 0.279 e. The Labute approximate surface area is 147 Å². The van der Waals surface area contributed by atoms with Gasteiger partial charge >= 0.3 is 0 Å². The molecule has 2 aromatic carbocycles. The molecule has 0 fully saturated rings. The Morgan fingerprint density at radius 1 is 0.960 bits per heavy atom. The summed E-state index contributed by atoms with van der Waals surface area (Å²) in [7, 11) is 1.55. The molecule has 0 spiro atoms. The van der Waals surface area contributed by atoms with Crippen LogP contribution in [0.2, 0.25) is 0 Å². The summed E-state index contributed by atoms with van der Waals surface area (Å²) < 4.78 is 10.7. The molecule has 1 unspecified atom stereocenters. The van der Waals surface area contributed by atoms with Crippen LogP contribution in [0.3, 0.4) is 0 Å². The van der Waals surface area contributed by atoms with Gasteiger partial charge in [0.15, 0.2) is 6.10 Å². The fourth-order valence-electron chi connectivity index (χ4n) is 2.12. The van der Waals surface area contributed by atoms with Crippen LogP contribution in [0.4, 0.5) is 0 Å². The fourth-order valence-corrected chi connectivity index (χ4v) is 2.12. The lowest BCUT2D eigenvalue weighted by Gasteiger charge is -2.17. The molecule has 0 heterocycles. The van der Waals surface area contributed by atoms with Gasteiger partial charge in [-0.25, -0.2) is 0 Å². The molecule has 2 rings (SSSR count). The highest BCUT2D eigenvalue weighted by Gasteiger charge is 2.19. The third-order valence-corrected chi connectivity index (χ3v) is 3.61.